The van der Waals surface area contributed by atoms with E-state index in [1.54, 1.807) is 0 Å². The number of halogens is 1. The largest absolute Gasteiger partial charge is 0.344 e. The van der Waals surface area contributed by atoms with Crippen molar-refractivity contribution in [3.8, 4) is 11.3 Å². The highest BCUT2D eigenvalue weighted by Gasteiger charge is 2.28. The Balaban J connectivity index is 2.08. The van der Waals surface area contributed by atoms with Gasteiger partial charge in [0.15, 0.2) is 0 Å². The van der Waals surface area contributed by atoms with E-state index >= 15 is 0 Å². The predicted octanol–water partition coefficient (Wildman–Crippen LogP) is 3.22. The van der Waals surface area contributed by atoms with Crippen molar-refractivity contribution < 1.29 is 0 Å². The van der Waals surface area contributed by atoms with Crippen LogP contribution in [0.25, 0.3) is 11.3 Å². The molecule has 1 heterocycles. The van der Waals surface area contributed by atoms with Gasteiger partial charge in [-0.2, -0.15) is 0 Å². The summed E-state index contributed by atoms with van der Waals surface area (Å²) in [6.45, 7) is 4.07. The molecule has 1 unspecified atom stereocenters. The zero-order valence-electron chi connectivity index (χ0n) is 10.5. The van der Waals surface area contributed by atoms with Gasteiger partial charge in [-0.05, 0) is 31.0 Å². The van der Waals surface area contributed by atoms with Crippen LogP contribution in [0.2, 0.25) is 5.02 Å². The van der Waals surface area contributed by atoms with Crippen LogP contribution in [0.3, 0.4) is 0 Å². The number of benzene rings is 1. The lowest BCUT2D eigenvalue weighted by atomic mass is 10.00. The Morgan fingerprint density at radius 1 is 1.50 bits per heavy atom. The fourth-order valence-electron chi connectivity index (χ4n) is 2.33. The Kier molecular flexibility index (Phi) is 2.50. The summed E-state index contributed by atoms with van der Waals surface area (Å²) in [6.07, 6.45) is 1.71. The maximum atomic E-state index is 6.23. The third-order valence-electron chi connectivity index (χ3n) is 3.74. The van der Waals surface area contributed by atoms with Crippen LogP contribution >= 0.6 is 11.6 Å². The average Bonchev–Trinajstić information content (AvgIpc) is 2.85. The van der Waals surface area contributed by atoms with Crippen LogP contribution in [0.4, 0.5) is 0 Å². The molecule has 94 valence electrons. The zero-order chi connectivity index (χ0) is 12.9. The summed E-state index contributed by atoms with van der Waals surface area (Å²) in [6, 6.07) is 5.95. The number of rotatable bonds is 2. The van der Waals surface area contributed by atoms with Crippen LogP contribution in [-0.4, -0.2) is 9.97 Å². The molecule has 1 aliphatic carbocycles. The Bertz CT molecular complexity index is 613. The number of aromatic amines is 1. The Labute approximate surface area is 111 Å². The lowest BCUT2D eigenvalue weighted by Crippen LogP contribution is -2.33. The zero-order valence-corrected chi connectivity index (χ0v) is 11.3. The van der Waals surface area contributed by atoms with Crippen molar-refractivity contribution in [3.63, 3.8) is 0 Å². The molecule has 18 heavy (non-hydrogen) atoms. The molecule has 3 rings (SSSR count). The van der Waals surface area contributed by atoms with Gasteiger partial charge in [-0.25, -0.2) is 4.98 Å². The van der Waals surface area contributed by atoms with Gasteiger partial charge in [-0.1, -0.05) is 24.6 Å². The number of aromatic nitrogens is 2. The van der Waals surface area contributed by atoms with Gasteiger partial charge in [0.25, 0.3) is 0 Å². The first-order chi connectivity index (χ1) is 8.51. The molecule has 3 N–H and O–H groups in total. The summed E-state index contributed by atoms with van der Waals surface area (Å²) < 4.78 is 0. The van der Waals surface area contributed by atoms with E-state index in [0.29, 0.717) is 0 Å². The molecule has 0 aliphatic heterocycles. The monoisotopic (exact) mass is 261 g/mol. The van der Waals surface area contributed by atoms with Crippen LogP contribution in [0.5, 0.6) is 0 Å². The first-order valence-electron chi connectivity index (χ1n) is 6.18. The van der Waals surface area contributed by atoms with E-state index in [1.165, 1.54) is 11.1 Å². The maximum absolute atomic E-state index is 6.23. The van der Waals surface area contributed by atoms with Gasteiger partial charge in [0.05, 0.1) is 11.2 Å². The molecular formula is C14H16ClN3. The predicted molar refractivity (Wildman–Crippen MR) is 73.7 cm³/mol. The van der Waals surface area contributed by atoms with Crippen molar-refractivity contribution in [2.75, 3.05) is 0 Å². The second-order valence-electron chi connectivity index (χ2n) is 5.16. The summed E-state index contributed by atoms with van der Waals surface area (Å²) in [4.78, 5) is 8.05. The van der Waals surface area contributed by atoms with E-state index in [1.807, 2.05) is 25.1 Å². The molecule has 0 saturated heterocycles. The van der Waals surface area contributed by atoms with E-state index < -0.39 is 5.54 Å². The standard InChI is InChI=1S/C14H16ClN3/c1-3-14(2,16)13-17-11-7-8-6-9(15)4-5-10(8)12(11)18-13/h4-6H,3,7,16H2,1-2H3,(H,17,18). The molecule has 1 aromatic carbocycles. The Morgan fingerprint density at radius 2 is 2.28 bits per heavy atom. The van der Waals surface area contributed by atoms with Crippen LogP contribution in [0.1, 0.15) is 37.4 Å². The van der Waals surface area contributed by atoms with Gasteiger partial charge in [0, 0.05) is 22.7 Å². The number of hydrogen-bond acceptors (Lipinski definition) is 2. The molecule has 2 aromatic rings. The van der Waals surface area contributed by atoms with Crippen molar-refractivity contribution in [3.05, 3.63) is 40.3 Å². The topological polar surface area (TPSA) is 54.7 Å². The van der Waals surface area contributed by atoms with Crippen molar-refractivity contribution in [1.82, 2.24) is 9.97 Å². The quantitative estimate of drug-likeness (QED) is 0.744. The molecule has 0 radical (unpaired) electrons. The van der Waals surface area contributed by atoms with Crippen molar-refractivity contribution >= 4 is 11.6 Å². The summed E-state index contributed by atoms with van der Waals surface area (Å²) in [5.41, 5.74) is 10.4. The summed E-state index contributed by atoms with van der Waals surface area (Å²) in [7, 11) is 0. The number of nitrogens with zero attached hydrogens (tertiary/aromatic N) is 1. The minimum Gasteiger partial charge on any atom is -0.344 e. The molecular weight excluding hydrogens is 246 g/mol. The molecule has 0 amide bonds. The average molecular weight is 262 g/mol. The molecule has 4 heteroatoms. The third kappa shape index (κ3) is 1.66. The second kappa shape index (κ2) is 3.84. The Hall–Kier alpha value is -1.32. The highest BCUT2D eigenvalue weighted by Crippen LogP contribution is 2.37. The third-order valence-corrected chi connectivity index (χ3v) is 3.98. The number of nitrogens with one attached hydrogen (secondary N) is 1. The fraction of sp³-hybridized carbons (Fsp3) is 0.357. The first kappa shape index (κ1) is 11.8. The smallest absolute Gasteiger partial charge is 0.126 e. The minimum atomic E-state index is -0.392. The van der Waals surface area contributed by atoms with E-state index in [4.69, 9.17) is 17.3 Å². The van der Waals surface area contributed by atoms with E-state index in [9.17, 15) is 0 Å². The van der Waals surface area contributed by atoms with E-state index in [-0.39, 0.29) is 0 Å². The van der Waals surface area contributed by atoms with E-state index in [0.717, 1.165) is 35.1 Å². The van der Waals surface area contributed by atoms with Gasteiger partial charge >= 0.3 is 0 Å². The maximum Gasteiger partial charge on any atom is 0.126 e. The van der Waals surface area contributed by atoms with Gasteiger partial charge in [0.1, 0.15) is 5.82 Å². The van der Waals surface area contributed by atoms with Gasteiger partial charge in [-0.15, -0.1) is 0 Å². The lowest BCUT2D eigenvalue weighted by Gasteiger charge is -2.19. The van der Waals surface area contributed by atoms with Crippen molar-refractivity contribution in [2.24, 2.45) is 5.73 Å². The fourth-order valence-corrected chi connectivity index (χ4v) is 2.52. The minimum absolute atomic E-state index is 0.392. The van der Waals surface area contributed by atoms with Gasteiger partial charge < -0.3 is 10.7 Å². The molecule has 0 spiro atoms. The summed E-state index contributed by atoms with van der Waals surface area (Å²) in [5.74, 6) is 0.871. The number of fused-ring (bicyclic) bond motifs is 3. The molecule has 3 nitrogen and oxygen atoms in total. The highest BCUT2D eigenvalue weighted by molar-refractivity contribution is 6.30. The number of hydrogen-bond donors (Lipinski definition) is 2. The summed E-state index contributed by atoms with van der Waals surface area (Å²) >= 11 is 6.01. The van der Waals surface area contributed by atoms with Gasteiger partial charge in [-0.3, -0.25) is 0 Å². The molecule has 0 saturated carbocycles. The lowest BCUT2D eigenvalue weighted by molar-refractivity contribution is 0.449. The van der Waals surface area contributed by atoms with Crippen molar-refractivity contribution in [1.29, 1.82) is 0 Å². The molecule has 1 atom stereocenters. The van der Waals surface area contributed by atoms with Crippen LogP contribution in [0.15, 0.2) is 18.2 Å². The van der Waals surface area contributed by atoms with Crippen LogP contribution in [0, 0.1) is 0 Å². The highest BCUT2D eigenvalue weighted by atomic mass is 35.5. The van der Waals surface area contributed by atoms with E-state index in [2.05, 4.69) is 16.9 Å². The van der Waals surface area contributed by atoms with Gasteiger partial charge in [0.2, 0.25) is 0 Å². The molecule has 0 bridgehead atoms. The molecule has 0 fully saturated rings. The van der Waals surface area contributed by atoms with Crippen LogP contribution in [-0.2, 0) is 12.0 Å². The first-order valence-corrected chi connectivity index (χ1v) is 6.56. The normalized spacial score (nSPS) is 16.2. The Morgan fingerprint density at radius 3 is 3.00 bits per heavy atom. The van der Waals surface area contributed by atoms with Crippen LogP contribution < -0.4 is 5.73 Å². The number of H-pyrrole nitrogens is 1. The summed E-state index contributed by atoms with van der Waals surface area (Å²) in [5, 5.41) is 0.774. The molecule has 1 aliphatic rings. The second-order valence-corrected chi connectivity index (χ2v) is 5.60. The number of nitrogens with two attached hydrogens (primary N) is 1. The number of imidazole rings is 1. The SMILES string of the molecule is CCC(C)(N)c1nc2c([nH]1)Cc1cc(Cl)ccc1-2. The van der Waals surface area contributed by atoms with Crippen molar-refractivity contribution in [2.45, 2.75) is 32.2 Å². The molecule has 1 aromatic heterocycles.